The highest BCUT2D eigenvalue weighted by atomic mass is 19.1. The number of nitrogens with one attached hydrogen (secondary N) is 1. The summed E-state index contributed by atoms with van der Waals surface area (Å²) in [6.07, 6.45) is 0. The predicted octanol–water partition coefficient (Wildman–Crippen LogP) is 3.46. The third-order valence-corrected chi connectivity index (χ3v) is 3.36. The molecule has 1 atom stereocenters. The van der Waals surface area contributed by atoms with Gasteiger partial charge in [-0.1, -0.05) is 30.3 Å². The molecule has 0 saturated carbocycles. The predicted molar refractivity (Wildman–Crippen MR) is 79.4 cm³/mol. The zero-order valence-corrected chi connectivity index (χ0v) is 12.1. The van der Waals surface area contributed by atoms with Gasteiger partial charge in [-0.15, -0.1) is 0 Å². The number of carbonyl (C=O) groups excluding carboxylic acids is 1. The summed E-state index contributed by atoms with van der Waals surface area (Å²) in [7, 11) is 1.36. The standard InChI is InChI=1S/C17H18FNO2/c1-12(15-5-3-4-6-16(15)18)19-11-13-7-9-14(10-8-13)17(20)21-2/h3-10,12,19H,11H2,1-2H3. The van der Waals surface area contributed by atoms with Gasteiger partial charge < -0.3 is 10.1 Å². The Hall–Kier alpha value is -2.20. The smallest absolute Gasteiger partial charge is 0.337 e. The van der Waals surface area contributed by atoms with E-state index in [1.165, 1.54) is 13.2 Å². The Kier molecular flexibility index (Phi) is 5.06. The van der Waals surface area contributed by atoms with Crippen LogP contribution in [0.15, 0.2) is 48.5 Å². The van der Waals surface area contributed by atoms with Crippen molar-refractivity contribution in [1.82, 2.24) is 5.32 Å². The summed E-state index contributed by atoms with van der Waals surface area (Å²) in [5.74, 6) is -0.562. The largest absolute Gasteiger partial charge is 0.465 e. The monoisotopic (exact) mass is 287 g/mol. The van der Waals surface area contributed by atoms with E-state index in [1.807, 2.05) is 25.1 Å². The van der Waals surface area contributed by atoms with Gasteiger partial charge in [-0.25, -0.2) is 9.18 Å². The maximum absolute atomic E-state index is 13.7. The Morgan fingerprint density at radius 3 is 2.48 bits per heavy atom. The maximum Gasteiger partial charge on any atom is 0.337 e. The molecule has 2 rings (SSSR count). The number of methoxy groups -OCH3 is 1. The van der Waals surface area contributed by atoms with Crippen molar-refractivity contribution in [3.63, 3.8) is 0 Å². The second-order valence-electron chi connectivity index (χ2n) is 4.81. The molecule has 0 radical (unpaired) electrons. The van der Waals surface area contributed by atoms with Crippen LogP contribution in [-0.2, 0) is 11.3 Å². The van der Waals surface area contributed by atoms with E-state index in [2.05, 4.69) is 10.1 Å². The van der Waals surface area contributed by atoms with E-state index in [1.54, 1.807) is 24.3 Å². The fourth-order valence-electron chi connectivity index (χ4n) is 2.08. The Bertz CT molecular complexity index is 610. The van der Waals surface area contributed by atoms with E-state index >= 15 is 0 Å². The molecule has 0 aromatic heterocycles. The fraction of sp³-hybridized carbons (Fsp3) is 0.235. The van der Waals surface area contributed by atoms with E-state index in [4.69, 9.17) is 0 Å². The fourth-order valence-corrected chi connectivity index (χ4v) is 2.08. The van der Waals surface area contributed by atoms with Crippen LogP contribution in [0.4, 0.5) is 4.39 Å². The quantitative estimate of drug-likeness (QED) is 0.856. The highest BCUT2D eigenvalue weighted by Gasteiger charge is 2.10. The van der Waals surface area contributed by atoms with Gasteiger partial charge in [-0.05, 0) is 30.7 Å². The lowest BCUT2D eigenvalue weighted by Gasteiger charge is -2.15. The van der Waals surface area contributed by atoms with Gasteiger partial charge in [0.2, 0.25) is 0 Å². The van der Waals surface area contributed by atoms with E-state index in [9.17, 15) is 9.18 Å². The van der Waals surface area contributed by atoms with Crippen LogP contribution in [0.5, 0.6) is 0 Å². The number of esters is 1. The van der Waals surface area contributed by atoms with Crippen molar-refractivity contribution in [1.29, 1.82) is 0 Å². The van der Waals surface area contributed by atoms with Gasteiger partial charge in [-0.3, -0.25) is 0 Å². The highest BCUT2D eigenvalue weighted by Crippen LogP contribution is 2.16. The minimum absolute atomic E-state index is 0.0912. The zero-order chi connectivity index (χ0) is 15.2. The van der Waals surface area contributed by atoms with Crippen molar-refractivity contribution >= 4 is 5.97 Å². The molecule has 0 aliphatic rings. The number of ether oxygens (including phenoxy) is 1. The summed E-state index contributed by atoms with van der Waals surface area (Å²) < 4.78 is 18.3. The van der Waals surface area contributed by atoms with E-state index in [0.29, 0.717) is 17.7 Å². The number of carbonyl (C=O) groups is 1. The van der Waals surface area contributed by atoms with Gasteiger partial charge in [0.1, 0.15) is 5.82 Å². The molecular weight excluding hydrogens is 269 g/mol. The van der Waals surface area contributed by atoms with Crippen LogP contribution in [0.1, 0.15) is 34.5 Å². The van der Waals surface area contributed by atoms with Crippen molar-refractivity contribution in [2.45, 2.75) is 19.5 Å². The molecule has 2 aromatic rings. The lowest BCUT2D eigenvalue weighted by molar-refractivity contribution is 0.0600. The van der Waals surface area contributed by atoms with Crippen LogP contribution in [0, 0.1) is 5.82 Å². The summed E-state index contributed by atoms with van der Waals surface area (Å²) in [6.45, 7) is 2.51. The zero-order valence-electron chi connectivity index (χ0n) is 12.1. The molecular formula is C17H18FNO2. The van der Waals surface area contributed by atoms with Crippen molar-refractivity contribution in [3.05, 3.63) is 71.0 Å². The number of rotatable bonds is 5. The van der Waals surface area contributed by atoms with Crippen LogP contribution in [0.25, 0.3) is 0 Å². The first-order valence-electron chi connectivity index (χ1n) is 6.77. The van der Waals surface area contributed by atoms with Crippen molar-refractivity contribution in [2.24, 2.45) is 0 Å². The Morgan fingerprint density at radius 2 is 1.86 bits per heavy atom. The normalized spacial score (nSPS) is 12.0. The first kappa shape index (κ1) is 15.2. The molecule has 1 unspecified atom stereocenters. The minimum Gasteiger partial charge on any atom is -0.465 e. The van der Waals surface area contributed by atoms with E-state index in [-0.39, 0.29) is 17.8 Å². The summed E-state index contributed by atoms with van der Waals surface area (Å²) >= 11 is 0. The minimum atomic E-state index is -0.353. The molecule has 21 heavy (non-hydrogen) atoms. The summed E-state index contributed by atoms with van der Waals surface area (Å²) in [5, 5.41) is 3.26. The Morgan fingerprint density at radius 1 is 1.19 bits per heavy atom. The molecule has 0 aliphatic carbocycles. The van der Waals surface area contributed by atoms with Gasteiger partial charge in [0.15, 0.2) is 0 Å². The van der Waals surface area contributed by atoms with Gasteiger partial charge in [0, 0.05) is 18.2 Å². The molecule has 0 saturated heterocycles. The first-order valence-corrected chi connectivity index (χ1v) is 6.77. The highest BCUT2D eigenvalue weighted by molar-refractivity contribution is 5.89. The number of hydrogen-bond acceptors (Lipinski definition) is 3. The lowest BCUT2D eigenvalue weighted by Crippen LogP contribution is -2.19. The Balaban J connectivity index is 1.97. The number of benzene rings is 2. The summed E-state index contributed by atoms with van der Waals surface area (Å²) in [5.41, 5.74) is 2.18. The van der Waals surface area contributed by atoms with Crippen molar-refractivity contribution in [2.75, 3.05) is 7.11 Å². The van der Waals surface area contributed by atoms with Crippen LogP contribution < -0.4 is 5.32 Å². The third-order valence-electron chi connectivity index (χ3n) is 3.36. The molecule has 4 heteroatoms. The van der Waals surface area contributed by atoms with Gasteiger partial charge in [0.05, 0.1) is 12.7 Å². The van der Waals surface area contributed by atoms with Gasteiger partial charge in [-0.2, -0.15) is 0 Å². The Labute approximate surface area is 123 Å². The molecule has 110 valence electrons. The lowest BCUT2D eigenvalue weighted by atomic mass is 10.1. The molecule has 0 spiro atoms. The second-order valence-corrected chi connectivity index (χ2v) is 4.81. The summed E-state index contributed by atoms with van der Waals surface area (Å²) in [6, 6.07) is 13.8. The van der Waals surface area contributed by atoms with Gasteiger partial charge in [0.25, 0.3) is 0 Å². The second kappa shape index (κ2) is 6.99. The first-order chi connectivity index (χ1) is 10.1. The molecule has 3 nitrogen and oxygen atoms in total. The van der Waals surface area contributed by atoms with Crippen molar-refractivity contribution < 1.29 is 13.9 Å². The topological polar surface area (TPSA) is 38.3 Å². The average Bonchev–Trinajstić information content (AvgIpc) is 2.52. The molecule has 2 aromatic carbocycles. The van der Waals surface area contributed by atoms with Gasteiger partial charge >= 0.3 is 5.97 Å². The molecule has 0 heterocycles. The SMILES string of the molecule is COC(=O)c1ccc(CNC(C)c2ccccc2F)cc1. The van der Waals surface area contributed by atoms with Crippen LogP contribution >= 0.6 is 0 Å². The third kappa shape index (κ3) is 3.89. The number of halogens is 1. The van der Waals surface area contributed by atoms with Crippen LogP contribution in [-0.4, -0.2) is 13.1 Å². The van der Waals surface area contributed by atoms with E-state index in [0.717, 1.165) is 5.56 Å². The molecule has 0 bridgehead atoms. The molecule has 1 N–H and O–H groups in total. The summed E-state index contributed by atoms with van der Waals surface area (Å²) in [4.78, 5) is 11.3. The maximum atomic E-state index is 13.7. The average molecular weight is 287 g/mol. The number of hydrogen-bond donors (Lipinski definition) is 1. The molecule has 0 aliphatic heterocycles. The van der Waals surface area contributed by atoms with E-state index < -0.39 is 0 Å². The van der Waals surface area contributed by atoms with Crippen LogP contribution in [0.2, 0.25) is 0 Å². The van der Waals surface area contributed by atoms with Crippen LogP contribution in [0.3, 0.4) is 0 Å². The molecule has 0 fully saturated rings. The van der Waals surface area contributed by atoms with Crippen molar-refractivity contribution in [3.8, 4) is 0 Å². The molecule has 0 amide bonds.